The molecule has 0 unspecified atom stereocenters. The molecule has 2 N–H and O–H groups in total. The number of hydrogen-bond donors (Lipinski definition) is 2. The van der Waals surface area contributed by atoms with Gasteiger partial charge in [0.1, 0.15) is 11.4 Å². The second-order valence-electron chi connectivity index (χ2n) is 18.7. The van der Waals surface area contributed by atoms with Crippen LogP contribution in [0, 0.1) is 57.1 Å². The summed E-state index contributed by atoms with van der Waals surface area (Å²) in [5, 5.41) is 13.8. The molecule has 9 atom stereocenters. The molecule has 5 aliphatic rings. The number of fused-ring (bicyclic) bond motifs is 7. The molecule has 1 aromatic rings. The molecule has 4 fully saturated rings. The number of rotatable bonds is 5. The van der Waals surface area contributed by atoms with Gasteiger partial charge >= 0.3 is 12.1 Å². The van der Waals surface area contributed by atoms with Gasteiger partial charge in [-0.2, -0.15) is 0 Å². The molecule has 6 nitrogen and oxygen atoms in total. The van der Waals surface area contributed by atoms with E-state index in [0.717, 1.165) is 68.9 Å². The first-order valence-electron chi connectivity index (χ1n) is 18.7. The molecule has 270 valence electrons. The van der Waals surface area contributed by atoms with Crippen LogP contribution in [0.1, 0.15) is 129 Å². The lowest BCUT2D eigenvalue weighted by atomic mass is 9.33. The number of methoxy groups -OCH3 is 1. The maximum Gasteiger partial charge on any atom is 0.408 e. The van der Waals surface area contributed by atoms with Gasteiger partial charge in [-0.15, -0.1) is 0 Å². The Hall–Kier alpha value is -2.67. The van der Waals surface area contributed by atoms with Gasteiger partial charge in [0.15, 0.2) is 0 Å². The minimum atomic E-state index is -0.658. The number of carbonyl (C=O) groups excluding carboxylic acids is 2. The van der Waals surface area contributed by atoms with Gasteiger partial charge in [-0.05, 0) is 159 Å². The summed E-state index contributed by atoms with van der Waals surface area (Å²) >= 11 is 0. The molecule has 7 heteroatoms. The van der Waals surface area contributed by atoms with E-state index < -0.39 is 17.4 Å². The van der Waals surface area contributed by atoms with E-state index in [2.05, 4.69) is 52.6 Å². The van der Waals surface area contributed by atoms with Crippen molar-refractivity contribution >= 4 is 17.6 Å². The summed E-state index contributed by atoms with van der Waals surface area (Å²) in [4.78, 5) is 25.5. The maximum absolute atomic E-state index is 15.2. The van der Waals surface area contributed by atoms with Crippen molar-refractivity contribution in [2.24, 2.45) is 51.2 Å². The quantitative estimate of drug-likeness (QED) is 0.240. The highest BCUT2D eigenvalue weighted by atomic mass is 19.1. The third kappa shape index (κ3) is 5.42. The van der Waals surface area contributed by atoms with Gasteiger partial charge < -0.3 is 19.9 Å². The van der Waals surface area contributed by atoms with E-state index >= 15 is 4.39 Å². The van der Waals surface area contributed by atoms with Crippen LogP contribution >= 0.6 is 0 Å². The SMILES string of the molecule is C=C(CO)[C@@H]1CC[C@]2(NC(=O)OC(C)(C)C)CC[C@]3(C)[C@H](CC[C@@H]4[C@@]5(C)CC=C(c6ccc(C(=O)OC)c(F)c6)C(C)(C)[C@@H]5CC[C@]43C)[C@@H]12. The fourth-order valence-electron chi connectivity index (χ4n) is 13.0. The monoisotopic (exact) mass is 677 g/mol. The van der Waals surface area contributed by atoms with Crippen LogP contribution in [0.4, 0.5) is 9.18 Å². The zero-order valence-corrected chi connectivity index (χ0v) is 31.4. The number of benzene rings is 1. The zero-order chi connectivity index (χ0) is 35.9. The van der Waals surface area contributed by atoms with E-state index in [0.29, 0.717) is 17.8 Å². The van der Waals surface area contributed by atoms with Gasteiger partial charge in [-0.1, -0.05) is 53.3 Å². The zero-order valence-electron chi connectivity index (χ0n) is 31.4. The van der Waals surface area contributed by atoms with E-state index in [1.165, 1.54) is 18.7 Å². The van der Waals surface area contributed by atoms with Crippen molar-refractivity contribution in [2.75, 3.05) is 13.7 Å². The average Bonchev–Trinajstić information content (AvgIpc) is 3.38. The van der Waals surface area contributed by atoms with Crippen LogP contribution < -0.4 is 5.32 Å². The molecule has 1 amide bonds. The molecule has 0 saturated heterocycles. The number of alkyl carbamates (subject to hydrolysis) is 1. The fourth-order valence-corrected chi connectivity index (χ4v) is 13.0. The smallest absolute Gasteiger partial charge is 0.408 e. The third-order valence-corrected chi connectivity index (χ3v) is 15.2. The Labute approximate surface area is 293 Å². The number of carbonyl (C=O) groups is 2. The first-order chi connectivity index (χ1) is 22.8. The summed E-state index contributed by atoms with van der Waals surface area (Å²) in [6.07, 6.45) is 11.2. The number of hydrogen-bond acceptors (Lipinski definition) is 5. The number of esters is 1. The van der Waals surface area contributed by atoms with Gasteiger partial charge in [0.2, 0.25) is 0 Å². The molecule has 0 aromatic heterocycles. The minimum Gasteiger partial charge on any atom is -0.465 e. The highest BCUT2D eigenvalue weighted by Crippen LogP contribution is 2.76. The second kappa shape index (κ2) is 12.0. The number of amides is 1. The molecule has 6 rings (SSSR count). The van der Waals surface area contributed by atoms with Gasteiger partial charge in [-0.3, -0.25) is 0 Å². The Morgan fingerprint density at radius 1 is 0.980 bits per heavy atom. The van der Waals surface area contributed by atoms with Crippen molar-refractivity contribution in [3.05, 3.63) is 53.4 Å². The Morgan fingerprint density at radius 2 is 1.69 bits per heavy atom. The van der Waals surface area contributed by atoms with Crippen molar-refractivity contribution in [1.29, 1.82) is 0 Å². The van der Waals surface area contributed by atoms with Crippen LogP contribution in [0.3, 0.4) is 0 Å². The van der Waals surface area contributed by atoms with Gasteiger partial charge in [0.25, 0.3) is 0 Å². The van der Waals surface area contributed by atoms with E-state index in [9.17, 15) is 14.7 Å². The first kappa shape index (κ1) is 36.1. The van der Waals surface area contributed by atoms with E-state index in [-0.39, 0.29) is 57.3 Å². The van der Waals surface area contributed by atoms with Gasteiger partial charge in [-0.25, -0.2) is 14.0 Å². The van der Waals surface area contributed by atoms with Gasteiger partial charge in [0.05, 0.1) is 19.3 Å². The van der Waals surface area contributed by atoms with E-state index in [4.69, 9.17) is 9.47 Å². The highest BCUT2D eigenvalue weighted by molar-refractivity contribution is 5.90. The summed E-state index contributed by atoms with van der Waals surface area (Å²) in [6, 6.07) is 4.95. The maximum atomic E-state index is 15.2. The molecule has 0 radical (unpaired) electrons. The number of nitrogens with one attached hydrogen (secondary N) is 1. The van der Waals surface area contributed by atoms with Crippen LogP contribution in [0.2, 0.25) is 0 Å². The number of halogens is 1. The van der Waals surface area contributed by atoms with E-state index in [1.807, 2.05) is 26.8 Å². The molecule has 5 aliphatic carbocycles. The molecule has 0 aliphatic heterocycles. The molecular weight excluding hydrogens is 617 g/mol. The molecule has 0 heterocycles. The number of ether oxygens (including phenoxy) is 2. The second-order valence-corrected chi connectivity index (χ2v) is 18.7. The Bertz CT molecular complexity index is 1560. The largest absolute Gasteiger partial charge is 0.465 e. The van der Waals surface area contributed by atoms with E-state index in [1.54, 1.807) is 6.07 Å². The lowest BCUT2D eigenvalue weighted by Gasteiger charge is -2.72. The number of aliphatic hydroxyl groups is 1. The van der Waals surface area contributed by atoms with Crippen molar-refractivity contribution in [2.45, 2.75) is 124 Å². The predicted molar refractivity (Wildman–Crippen MR) is 191 cm³/mol. The van der Waals surface area contributed by atoms with Crippen LogP contribution in [-0.4, -0.2) is 42.0 Å². The molecule has 49 heavy (non-hydrogen) atoms. The predicted octanol–water partition coefficient (Wildman–Crippen LogP) is 9.51. The van der Waals surface area contributed by atoms with Crippen LogP contribution in [0.15, 0.2) is 36.4 Å². The van der Waals surface area contributed by atoms with Crippen molar-refractivity contribution in [3.63, 3.8) is 0 Å². The normalized spacial score (nSPS) is 39.3. The summed E-state index contributed by atoms with van der Waals surface area (Å²) in [5.74, 6) is 0.511. The lowest BCUT2D eigenvalue weighted by molar-refractivity contribution is -0.219. The lowest BCUT2D eigenvalue weighted by Crippen LogP contribution is -2.68. The standard InChI is InChI=1S/C42H60FNO5/c1-25(24-45)27-15-20-42(44-36(47)49-37(2,3)4)22-21-40(8)30(34(27)42)13-14-33-39(7)18-16-29(38(5,6)32(39)17-19-41(33,40)9)26-11-12-28(31(43)23-26)35(46)48-10/h11-12,16,23,27,30,32-34,45H,1,13-15,17-22,24H2,2-10H3,(H,44,47)/t27-,30+,32-,33+,34+,39-,40+,41+,42-/m0/s1. The Morgan fingerprint density at radius 3 is 2.33 bits per heavy atom. The number of aliphatic hydroxyl groups excluding tert-OH is 1. The highest BCUT2D eigenvalue weighted by Gasteiger charge is 2.70. The Kier molecular flexibility index (Phi) is 8.81. The van der Waals surface area contributed by atoms with Crippen molar-refractivity contribution in [3.8, 4) is 0 Å². The topological polar surface area (TPSA) is 84.9 Å². The molecule has 4 saturated carbocycles. The summed E-state index contributed by atoms with van der Waals surface area (Å²) in [6.45, 7) is 22.4. The third-order valence-electron chi connectivity index (χ3n) is 15.2. The molecule has 0 bridgehead atoms. The molecular formula is C42H60FNO5. The first-order valence-corrected chi connectivity index (χ1v) is 18.7. The van der Waals surface area contributed by atoms with Crippen LogP contribution in [0.5, 0.6) is 0 Å². The summed E-state index contributed by atoms with van der Waals surface area (Å²) in [5.41, 5.74) is 2.00. The molecule has 1 aromatic carbocycles. The summed E-state index contributed by atoms with van der Waals surface area (Å²) in [7, 11) is 1.27. The Balaban J connectivity index is 1.34. The van der Waals surface area contributed by atoms with Crippen LogP contribution in [0.25, 0.3) is 5.57 Å². The van der Waals surface area contributed by atoms with Crippen LogP contribution in [-0.2, 0) is 9.47 Å². The number of allylic oxidation sites excluding steroid dienone is 2. The van der Waals surface area contributed by atoms with Gasteiger partial charge in [0, 0.05) is 5.54 Å². The molecule has 0 spiro atoms. The average molecular weight is 678 g/mol. The van der Waals surface area contributed by atoms with Crippen molar-refractivity contribution < 1.29 is 28.6 Å². The van der Waals surface area contributed by atoms with Crippen molar-refractivity contribution in [1.82, 2.24) is 5.32 Å². The minimum absolute atomic E-state index is 0.0220. The summed E-state index contributed by atoms with van der Waals surface area (Å²) < 4.78 is 25.8. The fraction of sp³-hybridized carbons (Fsp3) is 0.714.